The molecule has 2 aliphatic rings. The van der Waals surface area contributed by atoms with Gasteiger partial charge in [-0.15, -0.1) is 0 Å². The topological polar surface area (TPSA) is 60.3 Å². The first-order chi connectivity index (χ1) is 12.7. The van der Waals surface area contributed by atoms with Crippen LogP contribution in [0.15, 0.2) is 29.3 Å². The maximum absolute atomic E-state index is 10.1. The third kappa shape index (κ3) is 4.61. The lowest BCUT2D eigenvalue weighted by molar-refractivity contribution is 0.128. The summed E-state index contributed by atoms with van der Waals surface area (Å²) in [6.07, 6.45) is 3.70. The van der Waals surface area contributed by atoms with Gasteiger partial charge >= 0.3 is 0 Å². The number of phenols is 1. The molecule has 1 heterocycles. The fourth-order valence-corrected chi connectivity index (χ4v) is 3.61. The van der Waals surface area contributed by atoms with Crippen LogP contribution in [-0.2, 0) is 4.74 Å². The van der Waals surface area contributed by atoms with Gasteiger partial charge in [-0.25, -0.2) is 0 Å². The Kier molecular flexibility index (Phi) is 6.25. The molecule has 26 heavy (non-hydrogen) atoms. The number of guanidine groups is 1. The van der Waals surface area contributed by atoms with Gasteiger partial charge in [0.1, 0.15) is 5.75 Å². The van der Waals surface area contributed by atoms with Crippen LogP contribution in [0.25, 0.3) is 0 Å². The fraction of sp³-hybridized carbons (Fsp3) is 0.650. The van der Waals surface area contributed by atoms with Crippen LogP contribution in [-0.4, -0.2) is 69.0 Å². The van der Waals surface area contributed by atoms with Gasteiger partial charge in [0.05, 0.1) is 5.69 Å². The molecular formula is C20H32N4O2. The minimum Gasteiger partial charge on any atom is -0.506 e. The maximum Gasteiger partial charge on any atom is 0.193 e. The van der Waals surface area contributed by atoms with Crippen LogP contribution >= 0.6 is 0 Å². The minimum absolute atomic E-state index is 0.355. The zero-order valence-electron chi connectivity index (χ0n) is 16.1. The molecule has 0 radical (unpaired) electrons. The first kappa shape index (κ1) is 18.8. The number of anilines is 1. The summed E-state index contributed by atoms with van der Waals surface area (Å²) in [4.78, 5) is 9.04. The highest BCUT2D eigenvalue weighted by atomic mass is 16.5. The number of hydrogen-bond donors (Lipinski definition) is 2. The van der Waals surface area contributed by atoms with E-state index in [1.807, 2.05) is 25.2 Å². The van der Waals surface area contributed by atoms with Crippen molar-refractivity contribution in [2.45, 2.75) is 26.2 Å². The molecule has 0 amide bonds. The third-order valence-electron chi connectivity index (χ3n) is 5.57. The summed E-state index contributed by atoms with van der Waals surface area (Å²) in [5, 5.41) is 13.6. The second-order valence-electron chi connectivity index (χ2n) is 7.31. The number of aliphatic imine (C=N–C) groups is 1. The minimum atomic E-state index is 0.355. The van der Waals surface area contributed by atoms with Crippen molar-refractivity contribution < 1.29 is 9.84 Å². The molecule has 1 aromatic rings. The molecule has 6 heteroatoms. The highest BCUT2D eigenvalue weighted by Crippen LogP contribution is 2.48. The van der Waals surface area contributed by atoms with E-state index < -0.39 is 0 Å². The van der Waals surface area contributed by atoms with Crippen LogP contribution in [0.4, 0.5) is 5.69 Å². The molecule has 6 nitrogen and oxygen atoms in total. The average molecular weight is 361 g/mol. The van der Waals surface area contributed by atoms with Gasteiger partial charge in [0.15, 0.2) is 5.96 Å². The van der Waals surface area contributed by atoms with E-state index in [9.17, 15) is 5.11 Å². The van der Waals surface area contributed by atoms with Crippen molar-refractivity contribution in [1.29, 1.82) is 0 Å². The molecule has 1 aromatic carbocycles. The van der Waals surface area contributed by atoms with E-state index in [0.717, 1.165) is 64.0 Å². The van der Waals surface area contributed by atoms with Crippen LogP contribution in [0, 0.1) is 5.41 Å². The van der Waals surface area contributed by atoms with Crippen molar-refractivity contribution in [3.63, 3.8) is 0 Å². The number of phenolic OH excluding ortho intramolecular Hbond substituents is 1. The molecule has 2 N–H and O–H groups in total. The predicted octanol–water partition coefficient (Wildman–Crippen LogP) is 2.30. The molecule has 1 saturated carbocycles. The largest absolute Gasteiger partial charge is 0.506 e. The second kappa shape index (κ2) is 8.62. The van der Waals surface area contributed by atoms with Crippen LogP contribution in [0.5, 0.6) is 5.75 Å². The van der Waals surface area contributed by atoms with E-state index in [1.165, 1.54) is 12.8 Å². The Balaban J connectivity index is 1.48. The van der Waals surface area contributed by atoms with Crippen molar-refractivity contribution in [2.75, 3.05) is 57.9 Å². The Hall–Kier alpha value is -1.95. The molecule has 144 valence electrons. The molecule has 0 bridgehead atoms. The normalized spacial score (nSPS) is 19.5. The molecule has 1 aliphatic carbocycles. The van der Waals surface area contributed by atoms with Gasteiger partial charge in [-0.1, -0.05) is 12.1 Å². The first-order valence-electron chi connectivity index (χ1n) is 9.74. The van der Waals surface area contributed by atoms with E-state index in [4.69, 9.17) is 4.74 Å². The molecule has 0 aromatic heterocycles. The lowest BCUT2D eigenvalue weighted by Crippen LogP contribution is -2.53. The number of nitrogens with zero attached hydrogens (tertiary/aromatic N) is 3. The smallest absolute Gasteiger partial charge is 0.193 e. The fourth-order valence-electron chi connectivity index (χ4n) is 3.61. The number of nitrogens with one attached hydrogen (secondary N) is 1. The summed E-state index contributed by atoms with van der Waals surface area (Å²) in [7, 11) is 1.86. The zero-order valence-corrected chi connectivity index (χ0v) is 16.1. The van der Waals surface area contributed by atoms with Crippen LogP contribution < -0.4 is 10.2 Å². The number of para-hydroxylation sites is 2. The molecule has 2 fully saturated rings. The third-order valence-corrected chi connectivity index (χ3v) is 5.57. The monoisotopic (exact) mass is 360 g/mol. The SMILES string of the molecule is CCOCCC1(CNC(=NC)N2CCN(c3ccccc3O)CC2)CC1. The Morgan fingerprint density at radius 1 is 1.23 bits per heavy atom. The van der Waals surface area contributed by atoms with Gasteiger partial charge in [-0.3, -0.25) is 4.99 Å². The highest BCUT2D eigenvalue weighted by Gasteiger charge is 2.42. The van der Waals surface area contributed by atoms with Crippen molar-refractivity contribution >= 4 is 11.6 Å². The van der Waals surface area contributed by atoms with Crippen molar-refractivity contribution in [2.24, 2.45) is 10.4 Å². The van der Waals surface area contributed by atoms with Crippen molar-refractivity contribution in [1.82, 2.24) is 10.2 Å². The van der Waals surface area contributed by atoms with Crippen LogP contribution in [0.3, 0.4) is 0 Å². The number of benzene rings is 1. The van der Waals surface area contributed by atoms with E-state index in [1.54, 1.807) is 6.07 Å². The van der Waals surface area contributed by atoms with Gasteiger partial charge in [-0.2, -0.15) is 0 Å². The number of aromatic hydroxyl groups is 1. The van der Waals surface area contributed by atoms with Gasteiger partial charge < -0.3 is 25.0 Å². The van der Waals surface area contributed by atoms with Crippen LogP contribution in [0.2, 0.25) is 0 Å². The predicted molar refractivity (Wildman–Crippen MR) is 106 cm³/mol. The Morgan fingerprint density at radius 2 is 1.96 bits per heavy atom. The Bertz CT molecular complexity index is 608. The molecule has 1 saturated heterocycles. The van der Waals surface area contributed by atoms with Gasteiger partial charge in [0.25, 0.3) is 0 Å². The molecular weight excluding hydrogens is 328 g/mol. The van der Waals surface area contributed by atoms with E-state index in [-0.39, 0.29) is 0 Å². The maximum atomic E-state index is 10.1. The quantitative estimate of drug-likeness (QED) is 0.444. The molecule has 0 spiro atoms. The number of piperazine rings is 1. The second-order valence-corrected chi connectivity index (χ2v) is 7.31. The van der Waals surface area contributed by atoms with E-state index in [2.05, 4.69) is 27.0 Å². The van der Waals surface area contributed by atoms with Gasteiger partial charge in [0, 0.05) is 53.0 Å². The zero-order chi connectivity index (χ0) is 18.4. The summed E-state index contributed by atoms with van der Waals surface area (Å²) in [6, 6.07) is 7.56. The summed E-state index contributed by atoms with van der Waals surface area (Å²) >= 11 is 0. The first-order valence-corrected chi connectivity index (χ1v) is 9.74. The molecule has 0 atom stereocenters. The average Bonchev–Trinajstić information content (AvgIpc) is 3.44. The van der Waals surface area contributed by atoms with Crippen molar-refractivity contribution in [3.05, 3.63) is 24.3 Å². The van der Waals surface area contributed by atoms with Crippen molar-refractivity contribution in [3.8, 4) is 5.75 Å². The summed E-state index contributed by atoms with van der Waals surface area (Å²) in [5.74, 6) is 1.35. The van der Waals surface area contributed by atoms with E-state index in [0.29, 0.717) is 11.2 Å². The number of ether oxygens (including phenoxy) is 1. The highest BCUT2D eigenvalue weighted by molar-refractivity contribution is 5.80. The standard InChI is InChI=1S/C20H32N4O2/c1-3-26-15-10-20(8-9-20)16-22-19(21-2)24-13-11-23(12-14-24)17-6-4-5-7-18(17)25/h4-7,25H,3,8-16H2,1-2H3,(H,21,22). The number of hydrogen-bond acceptors (Lipinski definition) is 4. The van der Waals surface area contributed by atoms with Gasteiger partial charge in [-0.05, 0) is 43.7 Å². The van der Waals surface area contributed by atoms with E-state index >= 15 is 0 Å². The molecule has 3 rings (SSSR count). The Morgan fingerprint density at radius 3 is 2.58 bits per heavy atom. The molecule has 1 aliphatic heterocycles. The Labute approximate surface area is 156 Å². The van der Waals surface area contributed by atoms with Gasteiger partial charge in [0.2, 0.25) is 0 Å². The summed E-state index contributed by atoms with van der Waals surface area (Å²) in [5.41, 5.74) is 1.32. The summed E-state index contributed by atoms with van der Waals surface area (Å²) < 4.78 is 5.53. The van der Waals surface area contributed by atoms with Crippen LogP contribution in [0.1, 0.15) is 26.2 Å². The summed E-state index contributed by atoms with van der Waals surface area (Å²) in [6.45, 7) is 8.25. The molecule has 0 unspecified atom stereocenters. The number of rotatable bonds is 7. The lowest BCUT2D eigenvalue weighted by atomic mass is 10.0. The lowest BCUT2D eigenvalue weighted by Gasteiger charge is -2.38.